The highest BCUT2D eigenvalue weighted by atomic mass is 32.2. The summed E-state index contributed by atoms with van der Waals surface area (Å²) in [6.45, 7) is 4.34. The number of unbranched alkanes of at least 4 members (excludes halogenated alkanes) is 2. The van der Waals surface area contributed by atoms with Gasteiger partial charge in [-0.25, -0.2) is 0 Å². The summed E-state index contributed by atoms with van der Waals surface area (Å²) in [7, 11) is 0. The lowest BCUT2D eigenvalue weighted by atomic mass is 9.98. The molecule has 1 aromatic rings. The van der Waals surface area contributed by atoms with E-state index in [1.807, 2.05) is 12.1 Å². The Morgan fingerprint density at radius 3 is 2.27 bits per heavy atom. The predicted octanol–water partition coefficient (Wildman–Crippen LogP) is 8.07. The van der Waals surface area contributed by atoms with Crippen molar-refractivity contribution in [3.8, 4) is 24.3 Å². The van der Waals surface area contributed by atoms with E-state index in [4.69, 9.17) is 0 Å². The molecule has 7 heteroatoms. The summed E-state index contributed by atoms with van der Waals surface area (Å²) in [5, 5.41) is 37.4. The van der Waals surface area contributed by atoms with Gasteiger partial charge in [0.1, 0.15) is 35.4 Å². The number of rotatable bonds is 8. The maximum Gasteiger partial charge on any atom is 0.140 e. The molecule has 166 valence electrons. The van der Waals surface area contributed by atoms with Crippen molar-refractivity contribution >= 4 is 44.7 Å². The van der Waals surface area contributed by atoms with E-state index in [2.05, 4.69) is 44.2 Å². The summed E-state index contributed by atoms with van der Waals surface area (Å²) in [4.78, 5) is 6.30. The monoisotopic (exact) mass is 488 g/mol. The molecule has 0 fully saturated rings. The topological polar surface area (TPSA) is 95.2 Å². The molecule has 0 radical (unpaired) electrons. The molecule has 33 heavy (non-hydrogen) atoms. The van der Waals surface area contributed by atoms with Gasteiger partial charge >= 0.3 is 0 Å². The highest BCUT2D eigenvalue weighted by Gasteiger charge is 2.29. The zero-order valence-electron chi connectivity index (χ0n) is 18.8. The zero-order valence-corrected chi connectivity index (χ0v) is 21.2. The highest BCUT2D eigenvalue weighted by Crippen LogP contribution is 2.53. The predicted molar refractivity (Wildman–Crippen MR) is 138 cm³/mol. The van der Waals surface area contributed by atoms with Crippen LogP contribution in [0.1, 0.15) is 67.7 Å². The van der Waals surface area contributed by atoms with Crippen LogP contribution in [-0.4, -0.2) is 0 Å². The minimum atomic E-state index is 0.118. The van der Waals surface area contributed by atoms with E-state index in [1.165, 1.54) is 22.2 Å². The molecule has 1 unspecified atom stereocenters. The van der Waals surface area contributed by atoms with Gasteiger partial charge in [-0.2, -0.15) is 21.0 Å². The molecule has 0 bridgehead atoms. The molecular formula is C26H24N4S3. The molecule has 3 rings (SSSR count). The number of nitrogens with zero attached hydrogens (tertiary/aromatic N) is 4. The van der Waals surface area contributed by atoms with Crippen molar-refractivity contribution in [2.75, 3.05) is 0 Å². The Labute approximate surface area is 208 Å². The molecule has 0 N–H and O–H groups in total. The van der Waals surface area contributed by atoms with E-state index < -0.39 is 0 Å². The normalized spacial score (nSPS) is 17.0. The molecule has 2 aliphatic rings. The summed E-state index contributed by atoms with van der Waals surface area (Å²) < 4.78 is 0. The van der Waals surface area contributed by atoms with E-state index >= 15 is 0 Å². The fourth-order valence-electron chi connectivity index (χ4n) is 3.79. The van der Waals surface area contributed by atoms with Gasteiger partial charge in [-0.05, 0) is 30.9 Å². The molecule has 2 aliphatic heterocycles. The van der Waals surface area contributed by atoms with Crippen LogP contribution in [0, 0.1) is 51.2 Å². The second-order valence-electron chi connectivity index (χ2n) is 7.81. The van der Waals surface area contributed by atoms with Gasteiger partial charge in [-0.1, -0.05) is 68.8 Å². The second-order valence-corrected chi connectivity index (χ2v) is 11.1. The first-order valence-corrected chi connectivity index (χ1v) is 13.5. The van der Waals surface area contributed by atoms with Crippen LogP contribution in [-0.2, 0) is 6.42 Å². The molecule has 0 amide bonds. The lowest BCUT2D eigenvalue weighted by Crippen LogP contribution is -1.97. The number of hydrogen-bond donors (Lipinski definition) is 0. The fourth-order valence-corrected chi connectivity index (χ4v) is 7.53. The maximum absolute atomic E-state index is 9.49. The molecule has 0 saturated carbocycles. The Hall–Kier alpha value is -2.68. The van der Waals surface area contributed by atoms with Crippen LogP contribution in [0.5, 0.6) is 0 Å². The Bertz CT molecular complexity index is 1180. The third-order valence-corrected chi connectivity index (χ3v) is 9.54. The van der Waals surface area contributed by atoms with Gasteiger partial charge in [0.05, 0.1) is 0 Å². The van der Waals surface area contributed by atoms with Gasteiger partial charge in [0.25, 0.3) is 0 Å². The van der Waals surface area contributed by atoms with Gasteiger partial charge in [0.15, 0.2) is 0 Å². The van der Waals surface area contributed by atoms with Crippen molar-refractivity contribution in [1.29, 1.82) is 21.0 Å². The summed E-state index contributed by atoms with van der Waals surface area (Å²) in [6.07, 6.45) is 11.2. The lowest BCUT2D eigenvalue weighted by molar-refractivity contribution is 0.639. The molecule has 3 heterocycles. The molecule has 0 spiro atoms. The standard InChI is InChI=1S/C26H24N4S3/c1-3-5-7-17-12-24(33-25(17)20(15-29)16-30)26-18(8-6-4-2)11-23(32-26)22-10-9-21(31-22)19(13-27)14-28/h10-12,17H,3-9H2,1-2H3. The van der Waals surface area contributed by atoms with Gasteiger partial charge in [-0.15, -0.1) is 11.3 Å². The minimum absolute atomic E-state index is 0.118. The number of allylic oxidation sites excluding steroid dienone is 6. The zero-order chi connectivity index (χ0) is 23.8. The van der Waals surface area contributed by atoms with Gasteiger partial charge < -0.3 is 0 Å². The Morgan fingerprint density at radius 2 is 1.64 bits per heavy atom. The van der Waals surface area contributed by atoms with E-state index in [0.717, 1.165) is 63.0 Å². The highest BCUT2D eigenvalue weighted by molar-refractivity contribution is 8.12. The lowest BCUT2D eigenvalue weighted by Gasteiger charge is -2.09. The van der Waals surface area contributed by atoms with Crippen molar-refractivity contribution < 1.29 is 0 Å². The van der Waals surface area contributed by atoms with Crippen LogP contribution in [0.4, 0.5) is 0 Å². The molecule has 0 aromatic carbocycles. The van der Waals surface area contributed by atoms with Crippen LogP contribution in [0.3, 0.4) is 0 Å². The van der Waals surface area contributed by atoms with Crippen molar-refractivity contribution in [1.82, 2.24) is 0 Å². The minimum Gasteiger partial charge on any atom is -0.192 e. The largest absolute Gasteiger partial charge is 0.192 e. The fraction of sp³-hybridized carbons (Fsp3) is 0.385. The summed E-state index contributed by atoms with van der Waals surface area (Å²) in [5.74, 6) is 0.118. The first-order valence-electron chi connectivity index (χ1n) is 11.1. The van der Waals surface area contributed by atoms with E-state index in [0.29, 0.717) is 6.42 Å². The maximum atomic E-state index is 9.49. The SMILES string of the molecule is CCCCc1cc(C2=CCC(=C(C#N)C#N)S2)sc1C1=CC(CCCC)C(=C(C#N)C#N)S1. The van der Waals surface area contributed by atoms with Crippen LogP contribution in [0.2, 0.25) is 0 Å². The molecule has 1 atom stereocenters. The van der Waals surface area contributed by atoms with E-state index in [9.17, 15) is 21.0 Å². The van der Waals surface area contributed by atoms with Crippen LogP contribution in [0.25, 0.3) is 9.81 Å². The van der Waals surface area contributed by atoms with Crippen molar-refractivity contribution in [2.45, 2.75) is 58.8 Å². The van der Waals surface area contributed by atoms with Crippen LogP contribution >= 0.6 is 34.9 Å². The molecule has 0 aliphatic carbocycles. The van der Waals surface area contributed by atoms with E-state index in [-0.39, 0.29) is 17.1 Å². The molecule has 4 nitrogen and oxygen atoms in total. The Balaban J connectivity index is 1.99. The van der Waals surface area contributed by atoms with Crippen molar-refractivity contribution in [2.24, 2.45) is 5.92 Å². The first kappa shape index (κ1) is 25.0. The molecule has 0 saturated heterocycles. The average molecular weight is 489 g/mol. The number of nitriles is 4. The third kappa shape index (κ3) is 5.63. The third-order valence-electron chi connectivity index (χ3n) is 5.53. The summed E-state index contributed by atoms with van der Waals surface area (Å²) >= 11 is 4.83. The number of thioether (sulfide) groups is 2. The van der Waals surface area contributed by atoms with Crippen LogP contribution in [0.15, 0.2) is 39.2 Å². The van der Waals surface area contributed by atoms with Crippen LogP contribution < -0.4 is 0 Å². The van der Waals surface area contributed by atoms with Crippen molar-refractivity contribution in [3.63, 3.8) is 0 Å². The average Bonchev–Trinajstić information content (AvgIpc) is 3.56. The van der Waals surface area contributed by atoms with Gasteiger partial charge in [0, 0.05) is 41.7 Å². The second kappa shape index (κ2) is 12.0. The Morgan fingerprint density at radius 1 is 0.939 bits per heavy atom. The smallest absolute Gasteiger partial charge is 0.140 e. The molecular weight excluding hydrogens is 465 g/mol. The number of thiophene rings is 1. The Kier molecular flexibility index (Phi) is 9.05. The quantitative estimate of drug-likeness (QED) is 0.343. The van der Waals surface area contributed by atoms with Gasteiger partial charge in [-0.3, -0.25) is 0 Å². The number of aryl methyl sites for hydroxylation is 1. The van der Waals surface area contributed by atoms with Gasteiger partial charge in [0.2, 0.25) is 0 Å². The number of hydrogen-bond acceptors (Lipinski definition) is 7. The molecule has 1 aromatic heterocycles. The summed E-state index contributed by atoms with van der Waals surface area (Å²) in [5.41, 5.74) is 1.71. The first-order chi connectivity index (χ1) is 16.1. The van der Waals surface area contributed by atoms with Crippen molar-refractivity contribution in [3.05, 3.63) is 54.5 Å². The van der Waals surface area contributed by atoms with E-state index in [1.54, 1.807) is 23.1 Å². The summed E-state index contributed by atoms with van der Waals surface area (Å²) in [6, 6.07) is 10.4.